The summed E-state index contributed by atoms with van der Waals surface area (Å²) in [4.78, 5) is 41.7. The first-order valence-corrected chi connectivity index (χ1v) is 6.51. The number of nitrogens with one attached hydrogen (secondary N) is 3. The van der Waals surface area contributed by atoms with Crippen LogP contribution in [0.25, 0.3) is 11.3 Å². The van der Waals surface area contributed by atoms with Crippen LogP contribution in [0.5, 0.6) is 0 Å². The van der Waals surface area contributed by atoms with E-state index in [2.05, 4.69) is 30.3 Å². The monoisotopic (exact) mass is 316 g/mol. The van der Waals surface area contributed by atoms with Crippen molar-refractivity contribution in [2.75, 3.05) is 12.5 Å². The molecule has 0 bridgehead atoms. The molecule has 0 spiro atoms. The fraction of sp³-hybridized carbons (Fsp3) is 0.154. The number of aromatic nitrogens is 5. The second-order valence-electron chi connectivity index (χ2n) is 4.73. The molecule has 1 aromatic heterocycles. The predicted octanol–water partition coefficient (Wildman–Crippen LogP) is -0.270. The van der Waals surface area contributed by atoms with Crippen molar-refractivity contribution in [1.29, 1.82) is 0 Å². The Morgan fingerprint density at radius 1 is 1.35 bits per heavy atom. The summed E-state index contributed by atoms with van der Waals surface area (Å²) in [6.07, 6.45) is 2.81. The van der Waals surface area contributed by atoms with Gasteiger partial charge < -0.3 is 4.74 Å². The minimum Gasteiger partial charge on any atom is -0.465 e. The summed E-state index contributed by atoms with van der Waals surface area (Å²) in [5.74, 6) is -0.491. The number of aromatic amines is 2. The molecule has 0 amide bonds. The van der Waals surface area contributed by atoms with E-state index in [1.54, 1.807) is 6.92 Å². The van der Waals surface area contributed by atoms with Gasteiger partial charge in [-0.25, -0.2) is 14.9 Å². The van der Waals surface area contributed by atoms with E-state index in [-0.39, 0.29) is 28.3 Å². The number of anilines is 1. The smallest absolute Gasteiger partial charge is 0.341 e. The van der Waals surface area contributed by atoms with Gasteiger partial charge in [0, 0.05) is 24.2 Å². The van der Waals surface area contributed by atoms with Gasteiger partial charge in [0.05, 0.1) is 12.7 Å². The summed E-state index contributed by atoms with van der Waals surface area (Å²) in [5.41, 5.74) is 2.98. The summed E-state index contributed by atoms with van der Waals surface area (Å²) >= 11 is 0. The van der Waals surface area contributed by atoms with Crippen molar-refractivity contribution in [3.8, 4) is 11.3 Å². The number of fused-ring (bicyclic) bond motifs is 1. The van der Waals surface area contributed by atoms with Crippen LogP contribution in [0.3, 0.4) is 0 Å². The molecule has 0 fully saturated rings. The molecular weight excluding hydrogens is 304 g/mol. The summed E-state index contributed by atoms with van der Waals surface area (Å²) in [6, 6.07) is 1.34. The third-order valence-corrected chi connectivity index (χ3v) is 3.07. The van der Waals surface area contributed by atoms with Crippen LogP contribution >= 0.6 is 0 Å². The lowest BCUT2D eigenvalue weighted by atomic mass is 10.1. The number of carbonyl (C=O) groups is 1. The van der Waals surface area contributed by atoms with Crippen LogP contribution in [0.15, 0.2) is 28.0 Å². The zero-order valence-corrected chi connectivity index (χ0v) is 12.2. The second kappa shape index (κ2) is 5.40. The lowest BCUT2D eigenvalue weighted by Gasteiger charge is -2.13. The van der Waals surface area contributed by atoms with E-state index in [0.717, 1.165) is 0 Å². The van der Waals surface area contributed by atoms with Crippen LogP contribution in [0.4, 0.5) is 5.95 Å². The highest BCUT2D eigenvalue weighted by molar-refractivity contribution is 5.96. The van der Waals surface area contributed by atoms with E-state index in [4.69, 9.17) is 0 Å². The van der Waals surface area contributed by atoms with Crippen LogP contribution in [-0.2, 0) is 4.74 Å². The zero-order valence-electron chi connectivity index (χ0n) is 12.2. The first-order valence-electron chi connectivity index (χ1n) is 6.51. The number of pyridine rings is 1. The van der Waals surface area contributed by atoms with E-state index in [1.807, 2.05) is 0 Å². The summed E-state index contributed by atoms with van der Waals surface area (Å²) < 4.78 is 6.01. The third kappa shape index (κ3) is 2.69. The van der Waals surface area contributed by atoms with Crippen molar-refractivity contribution >= 4 is 11.9 Å². The maximum Gasteiger partial charge on any atom is 0.341 e. The quantitative estimate of drug-likeness (QED) is 0.566. The van der Waals surface area contributed by atoms with E-state index in [1.165, 1.54) is 30.2 Å². The Kier molecular flexibility index (Phi) is 3.41. The van der Waals surface area contributed by atoms with Gasteiger partial charge in [-0.3, -0.25) is 24.7 Å². The molecular formula is C13H12N6O4. The molecule has 10 heteroatoms. The molecule has 118 valence electrons. The topological polar surface area (TPSA) is 135 Å². The van der Waals surface area contributed by atoms with Crippen LogP contribution in [0.1, 0.15) is 16.1 Å². The average molecular weight is 316 g/mol. The van der Waals surface area contributed by atoms with Gasteiger partial charge in [-0.05, 0) is 6.92 Å². The fourth-order valence-corrected chi connectivity index (χ4v) is 2.11. The number of hydrogen-bond acceptors (Lipinski definition) is 7. The number of H-pyrrole nitrogens is 2. The first kappa shape index (κ1) is 14.5. The van der Waals surface area contributed by atoms with Crippen LogP contribution in [0.2, 0.25) is 0 Å². The van der Waals surface area contributed by atoms with Crippen LogP contribution < -0.4 is 16.5 Å². The lowest BCUT2D eigenvalue weighted by molar-refractivity contribution is 0.0600. The zero-order chi connectivity index (χ0) is 16.6. The fourth-order valence-electron chi connectivity index (χ4n) is 2.11. The second-order valence-corrected chi connectivity index (χ2v) is 4.73. The molecule has 0 atom stereocenters. The van der Waals surface area contributed by atoms with Gasteiger partial charge in [-0.1, -0.05) is 0 Å². The van der Waals surface area contributed by atoms with Gasteiger partial charge in [0.25, 0.3) is 11.1 Å². The van der Waals surface area contributed by atoms with Crippen LogP contribution in [-0.4, -0.2) is 37.9 Å². The number of aryl methyl sites for hydroxylation is 1. The van der Waals surface area contributed by atoms with E-state index < -0.39 is 11.5 Å². The SMILES string of the molecule is COC(=O)c1cn(Nc2nc(C)cc(=O)[nH]2)cc2c(=O)[nH]nc1-2. The van der Waals surface area contributed by atoms with Crippen molar-refractivity contribution in [2.45, 2.75) is 6.92 Å². The number of methoxy groups -OCH3 is 1. The summed E-state index contributed by atoms with van der Waals surface area (Å²) in [6.45, 7) is 1.67. The highest BCUT2D eigenvalue weighted by Crippen LogP contribution is 2.20. The molecule has 2 aliphatic rings. The summed E-state index contributed by atoms with van der Waals surface area (Å²) in [5, 5.41) is 6.09. The highest BCUT2D eigenvalue weighted by atomic mass is 16.5. The van der Waals surface area contributed by atoms with E-state index in [9.17, 15) is 14.4 Å². The number of rotatable bonds is 3. The number of ether oxygens (including phenoxy) is 1. The Labute approximate surface area is 128 Å². The molecule has 0 radical (unpaired) electrons. The molecule has 0 saturated carbocycles. The maximum atomic E-state index is 11.9. The van der Waals surface area contributed by atoms with E-state index >= 15 is 0 Å². The lowest BCUT2D eigenvalue weighted by Crippen LogP contribution is -2.20. The van der Waals surface area contributed by atoms with Gasteiger partial charge in [0.1, 0.15) is 11.3 Å². The number of nitrogens with zero attached hydrogens (tertiary/aromatic N) is 3. The Bertz CT molecular complexity index is 969. The third-order valence-electron chi connectivity index (χ3n) is 3.07. The van der Waals surface area contributed by atoms with Gasteiger partial charge in [-0.2, -0.15) is 5.10 Å². The molecule has 0 unspecified atom stereocenters. The number of carbonyl (C=O) groups excluding carboxylic acids is 1. The highest BCUT2D eigenvalue weighted by Gasteiger charge is 2.22. The molecule has 2 aliphatic heterocycles. The molecule has 3 heterocycles. The molecule has 0 saturated heterocycles. The number of esters is 1. The normalized spacial score (nSPS) is 10.7. The minimum atomic E-state index is -0.650. The number of hydrogen-bond donors (Lipinski definition) is 3. The minimum absolute atomic E-state index is 0.0888. The van der Waals surface area contributed by atoms with Gasteiger partial charge in [0.2, 0.25) is 5.95 Å². The van der Waals surface area contributed by atoms with Crippen molar-refractivity contribution in [3.63, 3.8) is 0 Å². The van der Waals surface area contributed by atoms with Gasteiger partial charge in [-0.15, -0.1) is 0 Å². The molecule has 0 aromatic carbocycles. The Hall–Kier alpha value is -3.43. The molecule has 1 aromatic rings. The molecule has 3 rings (SSSR count). The largest absolute Gasteiger partial charge is 0.465 e. The van der Waals surface area contributed by atoms with Crippen LogP contribution in [0, 0.1) is 6.92 Å². The molecule has 23 heavy (non-hydrogen) atoms. The van der Waals surface area contributed by atoms with Crippen molar-refractivity contribution in [3.05, 3.63) is 50.4 Å². The summed E-state index contributed by atoms with van der Waals surface area (Å²) in [7, 11) is 1.23. The molecule has 10 nitrogen and oxygen atoms in total. The van der Waals surface area contributed by atoms with Gasteiger partial charge in [0.15, 0.2) is 0 Å². The Morgan fingerprint density at radius 3 is 2.83 bits per heavy atom. The van der Waals surface area contributed by atoms with E-state index in [0.29, 0.717) is 5.69 Å². The maximum absolute atomic E-state index is 11.9. The first-order chi connectivity index (χ1) is 11.0. The Morgan fingerprint density at radius 2 is 2.13 bits per heavy atom. The van der Waals surface area contributed by atoms with Gasteiger partial charge >= 0.3 is 5.97 Å². The van der Waals surface area contributed by atoms with Crippen molar-refractivity contribution in [2.24, 2.45) is 0 Å². The van der Waals surface area contributed by atoms with Crippen molar-refractivity contribution in [1.82, 2.24) is 24.8 Å². The Balaban J connectivity index is 2.12. The molecule has 3 N–H and O–H groups in total. The van der Waals surface area contributed by atoms with Crippen molar-refractivity contribution < 1.29 is 9.53 Å². The average Bonchev–Trinajstić information content (AvgIpc) is 2.86. The molecule has 0 aliphatic carbocycles. The predicted molar refractivity (Wildman–Crippen MR) is 79.4 cm³/mol. The standard InChI is InChI=1S/C13H12N6O4/c1-6-3-9(20)15-13(14-6)18-19-4-7-10(16-17-11(7)21)8(5-19)12(22)23-2/h3-5H,1-2H3,(H,17,21)(H2,14,15,18,20).